The summed E-state index contributed by atoms with van der Waals surface area (Å²) in [5.74, 6) is 0.0271. The predicted molar refractivity (Wildman–Crippen MR) is 77.3 cm³/mol. The van der Waals surface area contributed by atoms with Crippen molar-refractivity contribution < 1.29 is 14.5 Å². The zero-order valence-corrected chi connectivity index (χ0v) is 12.1. The third-order valence-corrected chi connectivity index (χ3v) is 3.60. The van der Waals surface area contributed by atoms with Gasteiger partial charge in [-0.3, -0.25) is 14.9 Å². The highest BCUT2D eigenvalue weighted by atomic mass is 16.6. The maximum Gasteiger partial charge on any atom is 0.311 e. The number of nitro benzene ring substituents is 1. The Hall–Kier alpha value is -2.15. The average Bonchev–Trinajstić information content (AvgIpc) is 2.44. The molecule has 1 aliphatic rings. The predicted octanol–water partition coefficient (Wildman–Crippen LogP) is 1.41. The Balaban J connectivity index is 2.35. The lowest BCUT2D eigenvalue weighted by molar-refractivity contribution is -0.385. The Morgan fingerprint density at radius 2 is 2.19 bits per heavy atom. The fraction of sp³-hybridized carbons (Fsp3) is 0.500. The fourth-order valence-electron chi connectivity index (χ4n) is 2.79. The number of nitrogens with zero attached hydrogens (tertiary/aromatic N) is 2. The first-order chi connectivity index (χ1) is 9.93. The summed E-state index contributed by atoms with van der Waals surface area (Å²) in [6.07, 6.45) is 0.871. The quantitative estimate of drug-likeness (QED) is 0.671. The van der Waals surface area contributed by atoms with Crippen LogP contribution < -0.4 is 10.5 Å². The second-order valence-electron chi connectivity index (χ2n) is 5.43. The highest BCUT2D eigenvalue weighted by Gasteiger charge is 2.30. The molecule has 1 saturated heterocycles. The van der Waals surface area contributed by atoms with Crippen molar-refractivity contribution in [3.8, 4) is 5.75 Å². The van der Waals surface area contributed by atoms with E-state index < -0.39 is 4.92 Å². The van der Waals surface area contributed by atoms with E-state index in [2.05, 4.69) is 0 Å². The maximum absolute atomic E-state index is 12.6. The van der Waals surface area contributed by atoms with E-state index in [9.17, 15) is 14.9 Å². The molecule has 1 aromatic rings. The van der Waals surface area contributed by atoms with Gasteiger partial charge in [0.25, 0.3) is 5.91 Å². The number of benzene rings is 1. The highest BCUT2D eigenvalue weighted by molar-refractivity contribution is 5.98. The van der Waals surface area contributed by atoms with Crippen molar-refractivity contribution >= 4 is 11.6 Å². The van der Waals surface area contributed by atoms with Gasteiger partial charge in [-0.25, -0.2) is 0 Å². The number of rotatable bonds is 3. The van der Waals surface area contributed by atoms with Gasteiger partial charge in [0.1, 0.15) is 0 Å². The molecule has 2 unspecified atom stereocenters. The molecule has 7 nitrogen and oxygen atoms in total. The molecule has 1 heterocycles. The number of nitro groups is 1. The molecule has 0 aromatic heterocycles. The number of hydrogen-bond acceptors (Lipinski definition) is 5. The molecular weight excluding hydrogens is 274 g/mol. The second kappa shape index (κ2) is 6.09. The van der Waals surface area contributed by atoms with Crippen LogP contribution in [0.2, 0.25) is 0 Å². The SMILES string of the molecule is COc1c(C(=O)N2CC(C)CC(N)C2)cccc1[N+](=O)[O-]. The number of likely N-dealkylation sites (tertiary alicyclic amines) is 1. The summed E-state index contributed by atoms with van der Waals surface area (Å²) >= 11 is 0. The van der Waals surface area contributed by atoms with Crippen molar-refractivity contribution in [2.45, 2.75) is 19.4 Å². The minimum atomic E-state index is -0.555. The molecule has 7 heteroatoms. The average molecular weight is 293 g/mol. The van der Waals surface area contributed by atoms with Gasteiger partial charge in [-0.1, -0.05) is 13.0 Å². The largest absolute Gasteiger partial charge is 0.490 e. The molecular formula is C14H19N3O4. The standard InChI is InChI=1S/C14H19N3O4/c1-9-6-10(15)8-16(7-9)14(18)11-4-3-5-12(17(19)20)13(11)21-2/h3-5,9-10H,6-8,15H2,1-2H3. The van der Waals surface area contributed by atoms with Gasteiger partial charge in [-0.2, -0.15) is 0 Å². The molecule has 114 valence electrons. The molecule has 0 aliphatic carbocycles. The van der Waals surface area contributed by atoms with Gasteiger partial charge in [-0.15, -0.1) is 0 Å². The Kier molecular flexibility index (Phi) is 4.42. The van der Waals surface area contributed by atoms with Gasteiger partial charge >= 0.3 is 5.69 Å². The zero-order valence-electron chi connectivity index (χ0n) is 12.1. The van der Waals surface area contributed by atoms with Gasteiger partial charge in [0.05, 0.1) is 17.6 Å². The number of carbonyl (C=O) groups is 1. The molecule has 21 heavy (non-hydrogen) atoms. The molecule has 1 amide bonds. The molecule has 1 aromatic carbocycles. The van der Waals surface area contributed by atoms with Crippen LogP contribution in [0.5, 0.6) is 5.75 Å². The van der Waals surface area contributed by atoms with Crippen LogP contribution in [0.1, 0.15) is 23.7 Å². The lowest BCUT2D eigenvalue weighted by atomic mass is 9.96. The van der Waals surface area contributed by atoms with Crippen molar-refractivity contribution in [3.05, 3.63) is 33.9 Å². The van der Waals surface area contributed by atoms with Crippen LogP contribution in [-0.2, 0) is 0 Å². The Labute approximate surface area is 122 Å². The summed E-state index contributed by atoms with van der Waals surface area (Å²) in [6, 6.07) is 4.28. The normalized spacial score (nSPS) is 22.0. The smallest absolute Gasteiger partial charge is 0.311 e. The topological polar surface area (TPSA) is 98.7 Å². The van der Waals surface area contributed by atoms with Crippen molar-refractivity contribution in [2.75, 3.05) is 20.2 Å². The number of nitrogens with two attached hydrogens (primary N) is 1. The lowest BCUT2D eigenvalue weighted by Gasteiger charge is -2.35. The highest BCUT2D eigenvalue weighted by Crippen LogP contribution is 2.32. The van der Waals surface area contributed by atoms with Crippen LogP contribution in [0.3, 0.4) is 0 Å². The van der Waals surface area contributed by atoms with E-state index in [0.717, 1.165) is 6.42 Å². The summed E-state index contributed by atoms with van der Waals surface area (Å²) in [7, 11) is 1.32. The molecule has 1 aliphatic heterocycles. The first-order valence-electron chi connectivity index (χ1n) is 6.80. The summed E-state index contributed by atoms with van der Waals surface area (Å²) in [5.41, 5.74) is 5.94. The molecule has 0 spiro atoms. The third kappa shape index (κ3) is 3.13. The number of piperidine rings is 1. The summed E-state index contributed by atoms with van der Waals surface area (Å²) in [5, 5.41) is 11.0. The van der Waals surface area contributed by atoms with Crippen molar-refractivity contribution in [1.82, 2.24) is 4.90 Å². The molecule has 0 bridgehead atoms. The molecule has 2 rings (SSSR count). The van der Waals surface area contributed by atoms with E-state index in [0.29, 0.717) is 19.0 Å². The van der Waals surface area contributed by atoms with E-state index in [1.54, 1.807) is 11.0 Å². The van der Waals surface area contributed by atoms with Crippen LogP contribution >= 0.6 is 0 Å². The Bertz CT molecular complexity index is 551. The van der Waals surface area contributed by atoms with E-state index in [-0.39, 0.29) is 28.9 Å². The second-order valence-corrected chi connectivity index (χ2v) is 5.43. The molecule has 2 N–H and O–H groups in total. The lowest BCUT2D eigenvalue weighted by Crippen LogP contribution is -2.48. The summed E-state index contributed by atoms with van der Waals surface area (Å²) in [4.78, 5) is 24.7. The van der Waals surface area contributed by atoms with Gasteiger partial charge in [-0.05, 0) is 18.4 Å². The number of amides is 1. The van der Waals surface area contributed by atoms with Crippen LogP contribution in [0, 0.1) is 16.0 Å². The van der Waals surface area contributed by atoms with E-state index in [1.165, 1.54) is 19.2 Å². The van der Waals surface area contributed by atoms with Crippen molar-refractivity contribution in [1.29, 1.82) is 0 Å². The zero-order chi connectivity index (χ0) is 15.6. The van der Waals surface area contributed by atoms with Crippen LogP contribution in [0.25, 0.3) is 0 Å². The number of methoxy groups -OCH3 is 1. The first kappa shape index (κ1) is 15.2. The third-order valence-electron chi connectivity index (χ3n) is 3.60. The molecule has 2 atom stereocenters. The summed E-state index contributed by atoms with van der Waals surface area (Å²) < 4.78 is 5.08. The van der Waals surface area contributed by atoms with Crippen molar-refractivity contribution in [3.63, 3.8) is 0 Å². The van der Waals surface area contributed by atoms with Gasteiger partial charge in [0.2, 0.25) is 5.75 Å². The van der Waals surface area contributed by atoms with Crippen molar-refractivity contribution in [2.24, 2.45) is 11.7 Å². The number of para-hydroxylation sites is 1. The van der Waals surface area contributed by atoms with Gasteiger partial charge in [0, 0.05) is 25.2 Å². The number of ether oxygens (including phenoxy) is 1. The van der Waals surface area contributed by atoms with Crippen LogP contribution in [-0.4, -0.2) is 42.0 Å². The minimum Gasteiger partial charge on any atom is -0.490 e. The maximum atomic E-state index is 12.6. The van der Waals surface area contributed by atoms with E-state index in [1.807, 2.05) is 6.92 Å². The van der Waals surface area contributed by atoms with Crippen LogP contribution in [0.15, 0.2) is 18.2 Å². The molecule has 0 radical (unpaired) electrons. The van der Waals surface area contributed by atoms with E-state index >= 15 is 0 Å². The van der Waals surface area contributed by atoms with E-state index in [4.69, 9.17) is 10.5 Å². The number of carbonyl (C=O) groups excluding carboxylic acids is 1. The van der Waals surface area contributed by atoms with Gasteiger partial charge in [0.15, 0.2) is 0 Å². The minimum absolute atomic E-state index is 0.000650. The summed E-state index contributed by atoms with van der Waals surface area (Å²) in [6.45, 7) is 3.08. The Morgan fingerprint density at radius 1 is 1.48 bits per heavy atom. The number of hydrogen-bond donors (Lipinski definition) is 1. The Morgan fingerprint density at radius 3 is 2.76 bits per heavy atom. The van der Waals surface area contributed by atoms with Crippen LogP contribution in [0.4, 0.5) is 5.69 Å². The van der Waals surface area contributed by atoms with Gasteiger partial charge < -0.3 is 15.4 Å². The fourth-order valence-corrected chi connectivity index (χ4v) is 2.79. The molecule has 1 fully saturated rings. The first-order valence-corrected chi connectivity index (χ1v) is 6.80. The monoisotopic (exact) mass is 293 g/mol. The molecule has 0 saturated carbocycles.